The molecule has 0 saturated carbocycles. The number of hydrogen-bond donors (Lipinski definition) is 0. The fraction of sp³-hybridized carbons (Fsp3) is 0.0625. The van der Waals surface area contributed by atoms with Gasteiger partial charge in [0.15, 0.2) is 0 Å². The van der Waals surface area contributed by atoms with Gasteiger partial charge in [0.2, 0.25) is 0 Å². The van der Waals surface area contributed by atoms with Gasteiger partial charge in [0.25, 0.3) is 0 Å². The first-order valence-corrected chi connectivity index (χ1v) is 6.48. The molecule has 0 amide bonds. The van der Waals surface area contributed by atoms with Crippen LogP contribution in [0, 0.1) is 6.92 Å². The molecule has 0 saturated heterocycles. The van der Waals surface area contributed by atoms with E-state index in [2.05, 4.69) is 52.6 Å². The third-order valence-corrected chi connectivity index (χ3v) is 3.58. The molecule has 4 aromatic rings. The molecule has 0 aliphatic rings. The van der Waals surface area contributed by atoms with E-state index in [9.17, 15) is 0 Å². The van der Waals surface area contributed by atoms with Crippen molar-refractivity contribution in [1.29, 1.82) is 0 Å². The normalized spacial score (nSPS) is 11.2. The van der Waals surface area contributed by atoms with Crippen LogP contribution in [-0.4, -0.2) is 19.8 Å². The third kappa shape index (κ3) is 1.58. The summed E-state index contributed by atoms with van der Waals surface area (Å²) in [6.45, 7) is 2.06. The number of aromatic nitrogens is 4. The van der Waals surface area contributed by atoms with Gasteiger partial charge in [0.05, 0.1) is 11.7 Å². The van der Waals surface area contributed by atoms with Gasteiger partial charge in [0, 0.05) is 23.3 Å². The van der Waals surface area contributed by atoms with Gasteiger partial charge in [-0.2, -0.15) is 10.2 Å². The molecule has 0 fully saturated rings. The van der Waals surface area contributed by atoms with Gasteiger partial charge in [-0.15, -0.1) is 5.10 Å². The minimum absolute atomic E-state index is 0.941. The fourth-order valence-corrected chi connectivity index (χ4v) is 2.53. The van der Waals surface area contributed by atoms with Crippen LogP contribution in [0.5, 0.6) is 0 Å². The topological polar surface area (TPSA) is 43.1 Å². The summed E-state index contributed by atoms with van der Waals surface area (Å²) in [5.74, 6) is 0. The molecule has 3 aromatic heterocycles. The first-order valence-electron chi connectivity index (χ1n) is 6.48. The van der Waals surface area contributed by atoms with Gasteiger partial charge in [-0.25, -0.2) is 4.52 Å². The lowest BCUT2D eigenvalue weighted by atomic mass is 10.0. The fourth-order valence-electron chi connectivity index (χ4n) is 2.53. The van der Waals surface area contributed by atoms with Crippen molar-refractivity contribution in [2.75, 3.05) is 0 Å². The quantitative estimate of drug-likeness (QED) is 0.527. The van der Waals surface area contributed by atoms with Gasteiger partial charge >= 0.3 is 0 Å². The van der Waals surface area contributed by atoms with Crippen LogP contribution in [0.15, 0.2) is 55.0 Å². The van der Waals surface area contributed by atoms with E-state index in [-0.39, 0.29) is 0 Å². The Labute approximate surface area is 115 Å². The van der Waals surface area contributed by atoms with Crippen LogP contribution in [0.3, 0.4) is 0 Å². The van der Waals surface area contributed by atoms with Crippen LogP contribution in [0.2, 0.25) is 0 Å². The second-order valence-corrected chi connectivity index (χ2v) is 4.85. The molecule has 0 atom stereocenters. The molecule has 0 bridgehead atoms. The van der Waals surface area contributed by atoms with Crippen molar-refractivity contribution in [3.63, 3.8) is 0 Å². The third-order valence-electron chi connectivity index (χ3n) is 3.58. The van der Waals surface area contributed by atoms with Crippen molar-refractivity contribution < 1.29 is 0 Å². The maximum atomic E-state index is 4.31. The Morgan fingerprint density at radius 1 is 1.10 bits per heavy atom. The zero-order valence-corrected chi connectivity index (χ0v) is 11.0. The SMILES string of the molecule is Cc1cnnc2c(-c3ccn4nccc4c3)cccc12. The molecule has 20 heavy (non-hydrogen) atoms. The molecule has 4 heteroatoms. The van der Waals surface area contributed by atoms with Crippen LogP contribution >= 0.6 is 0 Å². The van der Waals surface area contributed by atoms with E-state index < -0.39 is 0 Å². The Kier molecular flexibility index (Phi) is 2.29. The number of hydrogen-bond acceptors (Lipinski definition) is 3. The second-order valence-electron chi connectivity index (χ2n) is 4.85. The molecule has 3 heterocycles. The Morgan fingerprint density at radius 3 is 3.00 bits per heavy atom. The van der Waals surface area contributed by atoms with E-state index in [0.29, 0.717) is 0 Å². The lowest BCUT2D eigenvalue weighted by molar-refractivity contribution is 0.962. The Hall–Kier alpha value is -2.75. The highest BCUT2D eigenvalue weighted by atomic mass is 15.2. The van der Waals surface area contributed by atoms with Crippen molar-refractivity contribution in [2.24, 2.45) is 0 Å². The summed E-state index contributed by atoms with van der Waals surface area (Å²) < 4.78 is 1.85. The summed E-state index contributed by atoms with van der Waals surface area (Å²) >= 11 is 0. The maximum Gasteiger partial charge on any atom is 0.101 e. The first-order chi connectivity index (χ1) is 9.83. The molecule has 4 nitrogen and oxygen atoms in total. The largest absolute Gasteiger partial charge is 0.241 e. The summed E-state index contributed by atoms with van der Waals surface area (Å²) in [4.78, 5) is 0. The molecule has 0 spiro atoms. The number of nitrogens with zero attached hydrogens (tertiary/aromatic N) is 4. The summed E-state index contributed by atoms with van der Waals surface area (Å²) in [7, 11) is 0. The minimum Gasteiger partial charge on any atom is -0.241 e. The number of benzene rings is 1. The molecule has 0 aliphatic carbocycles. The van der Waals surface area contributed by atoms with Crippen LogP contribution in [0.4, 0.5) is 0 Å². The van der Waals surface area contributed by atoms with E-state index in [4.69, 9.17) is 0 Å². The van der Waals surface area contributed by atoms with Crippen molar-refractivity contribution in [2.45, 2.75) is 6.92 Å². The van der Waals surface area contributed by atoms with Crippen LogP contribution in [-0.2, 0) is 0 Å². The Bertz CT molecular complexity index is 924. The van der Waals surface area contributed by atoms with Crippen molar-refractivity contribution in [3.05, 3.63) is 60.6 Å². The molecular weight excluding hydrogens is 248 g/mol. The van der Waals surface area contributed by atoms with Crippen molar-refractivity contribution in [3.8, 4) is 11.1 Å². The van der Waals surface area contributed by atoms with E-state index in [1.54, 1.807) is 12.4 Å². The second kappa shape index (κ2) is 4.13. The highest BCUT2D eigenvalue weighted by Crippen LogP contribution is 2.28. The summed E-state index contributed by atoms with van der Waals surface area (Å²) in [6, 6.07) is 12.4. The summed E-state index contributed by atoms with van der Waals surface area (Å²) in [6.07, 6.45) is 5.56. The molecule has 1 aromatic carbocycles. The molecule has 0 radical (unpaired) electrons. The Morgan fingerprint density at radius 2 is 2.05 bits per heavy atom. The smallest absolute Gasteiger partial charge is 0.101 e. The van der Waals surface area contributed by atoms with E-state index in [1.807, 2.05) is 16.8 Å². The summed E-state index contributed by atoms with van der Waals surface area (Å²) in [5, 5.41) is 13.8. The standard InChI is InChI=1S/C16H12N4/c1-11-10-17-19-16-14(11)3-2-4-15(16)12-6-8-20-13(9-12)5-7-18-20/h2-10H,1H3. The number of aryl methyl sites for hydroxylation is 1. The lowest BCUT2D eigenvalue weighted by Gasteiger charge is -2.07. The van der Waals surface area contributed by atoms with Crippen molar-refractivity contribution in [1.82, 2.24) is 19.8 Å². The minimum atomic E-state index is 0.941. The predicted octanol–water partition coefficient (Wildman–Crippen LogP) is 3.25. The van der Waals surface area contributed by atoms with Gasteiger partial charge < -0.3 is 0 Å². The molecular formula is C16H12N4. The van der Waals surface area contributed by atoms with E-state index in [1.165, 1.54) is 0 Å². The summed E-state index contributed by atoms with van der Waals surface area (Å²) in [5.41, 5.74) is 5.38. The van der Waals surface area contributed by atoms with Crippen LogP contribution in [0.1, 0.15) is 5.56 Å². The maximum absolute atomic E-state index is 4.31. The molecule has 4 rings (SSSR count). The number of rotatable bonds is 1. The molecule has 0 aliphatic heterocycles. The molecule has 0 N–H and O–H groups in total. The lowest BCUT2D eigenvalue weighted by Crippen LogP contribution is -1.91. The van der Waals surface area contributed by atoms with E-state index in [0.717, 1.165) is 33.1 Å². The average molecular weight is 260 g/mol. The zero-order chi connectivity index (χ0) is 13.5. The Balaban J connectivity index is 2.04. The van der Waals surface area contributed by atoms with E-state index >= 15 is 0 Å². The zero-order valence-electron chi connectivity index (χ0n) is 11.0. The van der Waals surface area contributed by atoms with Gasteiger partial charge in [-0.3, -0.25) is 0 Å². The van der Waals surface area contributed by atoms with Crippen LogP contribution in [0.25, 0.3) is 27.5 Å². The number of fused-ring (bicyclic) bond motifs is 2. The van der Waals surface area contributed by atoms with Crippen molar-refractivity contribution >= 4 is 16.4 Å². The van der Waals surface area contributed by atoms with Crippen LogP contribution < -0.4 is 0 Å². The highest BCUT2D eigenvalue weighted by molar-refractivity contribution is 5.95. The number of pyridine rings is 1. The highest BCUT2D eigenvalue weighted by Gasteiger charge is 2.08. The monoisotopic (exact) mass is 260 g/mol. The molecule has 0 unspecified atom stereocenters. The molecule has 96 valence electrons. The predicted molar refractivity (Wildman–Crippen MR) is 78.5 cm³/mol. The first kappa shape index (κ1) is 11.1. The van der Waals surface area contributed by atoms with Gasteiger partial charge in [-0.1, -0.05) is 18.2 Å². The average Bonchev–Trinajstić information content (AvgIpc) is 2.94. The van der Waals surface area contributed by atoms with Gasteiger partial charge in [-0.05, 0) is 36.2 Å². The van der Waals surface area contributed by atoms with Gasteiger partial charge in [0.1, 0.15) is 5.52 Å².